The van der Waals surface area contributed by atoms with Crippen molar-refractivity contribution in [1.82, 2.24) is 9.97 Å². The minimum atomic E-state index is -3.22. The van der Waals surface area contributed by atoms with Crippen LogP contribution in [-0.4, -0.2) is 9.97 Å². The van der Waals surface area contributed by atoms with Gasteiger partial charge in [-0.15, -0.1) is 0 Å². The summed E-state index contributed by atoms with van der Waals surface area (Å²) in [4.78, 5) is 17.5. The summed E-state index contributed by atoms with van der Waals surface area (Å²) in [5, 5.41) is -0.879. The Hall–Kier alpha value is -1.32. The third-order valence-electron chi connectivity index (χ3n) is 2.74. The molecule has 26 heavy (non-hydrogen) atoms. The smallest absolute Gasteiger partial charge is 0.305 e. The summed E-state index contributed by atoms with van der Waals surface area (Å²) >= 11 is 13.8. The molecule has 3 rings (SSSR count). The molecule has 142 valence electrons. The molecule has 0 bridgehead atoms. The van der Waals surface area contributed by atoms with Crippen molar-refractivity contribution in [2.24, 2.45) is 0 Å². The van der Waals surface area contributed by atoms with E-state index in [1.54, 1.807) is 6.07 Å². The average Bonchev–Trinajstić information content (AvgIpc) is 2.63. The summed E-state index contributed by atoms with van der Waals surface area (Å²) in [6.07, 6.45) is 1.52. The lowest BCUT2D eigenvalue weighted by atomic mass is 10.1. The van der Waals surface area contributed by atoms with Gasteiger partial charge in [-0.3, -0.25) is 4.57 Å². The summed E-state index contributed by atoms with van der Waals surface area (Å²) in [6, 6.07) is 16.0. The van der Waals surface area contributed by atoms with E-state index in [9.17, 15) is 9.36 Å². The average molecular weight is 436 g/mol. The molecule has 0 unspecified atom stereocenters. The number of hydrogen-bond acceptors (Lipinski definition) is 3. The first kappa shape index (κ1) is 24.7. The number of nitrogens with one attached hydrogen (secondary N) is 1. The molecule has 0 aliphatic rings. The van der Waals surface area contributed by atoms with E-state index in [-0.39, 0.29) is 5.69 Å². The van der Waals surface area contributed by atoms with E-state index < -0.39 is 5.20 Å². The molecule has 1 N–H and O–H groups in total. The molecule has 0 radical (unpaired) electrons. The molecule has 0 saturated heterocycles. The highest BCUT2D eigenvalue weighted by molar-refractivity contribution is 8.24. The standard InChI is InChI=1S/C14H10N2O.2C2H6.Cl3OP/c17-14-15-8-7-13(16-14)12-6-5-10-3-1-2-4-11(10)9-12;2*1-2;1-5(2,3)4/h1-9H,(H,15,16,17);2*1-2H3;. The lowest BCUT2D eigenvalue weighted by Gasteiger charge is -2.03. The Morgan fingerprint density at radius 3 is 1.96 bits per heavy atom. The molecule has 0 aliphatic heterocycles. The van der Waals surface area contributed by atoms with Gasteiger partial charge in [-0.1, -0.05) is 64.1 Å². The van der Waals surface area contributed by atoms with Gasteiger partial charge in [-0.05, 0) is 62.2 Å². The number of rotatable bonds is 1. The fraction of sp³-hybridized carbons (Fsp3) is 0.222. The van der Waals surface area contributed by atoms with E-state index >= 15 is 0 Å². The monoisotopic (exact) mass is 434 g/mol. The van der Waals surface area contributed by atoms with E-state index in [4.69, 9.17) is 0 Å². The van der Waals surface area contributed by atoms with Crippen LogP contribution < -0.4 is 5.69 Å². The van der Waals surface area contributed by atoms with Crippen molar-refractivity contribution in [3.8, 4) is 11.3 Å². The van der Waals surface area contributed by atoms with Crippen molar-refractivity contribution in [2.45, 2.75) is 27.7 Å². The summed E-state index contributed by atoms with van der Waals surface area (Å²) < 4.78 is 9.51. The van der Waals surface area contributed by atoms with Gasteiger partial charge >= 0.3 is 10.9 Å². The maximum absolute atomic E-state index is 11.2. The fourth-order valence-corrected chi connectivity index (χ4v) is 1.89. The molecule has 0 atom stereocenters. The number of fused-ring (bicyclic) bond motifs is 1. The molecule has 2 aromatic carbocycles. The molecular formula is C18H22Cl3N2O2P. The first-order valence-corrected chi connectivity index (χ1v) is 12.5. The van der Waals surface area contributed by atoms with Gasteiger partial charge in [-0.2, -0.15) is 0 Å². The molecule has 0 fully saturated rings. The van der Waals surface area contributed by atoms with Crippen LogP contribution in [0.3, 0.4) is 0 Å². The van der Waals surface area contributed by atoms with Crippen LogP contribution in [-0.2, 0) is 4.57 Å². The summed E-state index contributed by atoms with van der Waals surface area (Å²) in [6.45, 7) is 8.00. The third kappa shape index (κ3) is 9.98. The number of nitrogens with zero attached hydrogens (tertiary/aromatic N) is 1. The van der Waals surface area contributed by atoms with Gasteiger partial charge in [0.15, 0.2) is 0 Å². The number of hydrogen-bond donors (Lipinski definition) is 1. The summed E-state index contributed by atoms with van der Waals surface area (Å²) in [5.41, 5.74) is 1.45. The van der Waals surface area contributed by atoms with Crippen molar-refractivity contribution in [1.29, 1.82) is 0 Å². The van der Waals surface area contributed by atoms with Crippen molar-refractivity contribution in [2.75, 3.05) is 0 Å². The largest absolute Gasteiger partial charge is 0.345 e. The van der Waals surface area contributed by atoms with Gasteiger partial charge in [0.05, 0.1) is 5.69 Å². The number of benzene rings is 2. The van der Waals surface area contributed by atoms with Crippen molar-refractivity contribution < 1.29 is 4.57 Å². The molecule has 0 saturated carbocycles. The Kier molecular flexibility index (Phi) is 12.3. The van der Waals surface area contributed by atoms with Crippen LogP contribution in [0, 0.1) is 0 Å². The Morgan fingerprint density at radius 1 is 0.885 bits per heavy atom. The SMILES string of the molecule is CC.CC.O=P(Cl)(Cl)Cl.O=c1nccc(-c2ccc3ccccc3c2)[nH]1. The number of H-pyrrole nitrogens is 1. The minimum Gasteiger partial charge on any atom is -0.305 e. The Labute approximate surface area is 168 Å². The Morgan fingerprint density at radius 2 is 1.42 bits per heavy atom. The zero-order valence-corrected chi connectivity index (χ0v) is 18.2. The Bertz CT molecular complexity index is 886. The zero-order valence-electron chi connectivity index (χ0n) is 15.0. The third-order valence-corrected chi connectivity index (χ3v) is 2.74. The molecule has 8 heteroatoms. The summed E-state index contributed by atoms with van der Waals surface area (Å²) in [7, 11) is 0. The molecule has 3 aromatic rings. The second-order valence-electron chi connectivity index (χ2n) is 4.25. The zero-order chi connectivity index (χ0) is 20.2. The van der Waals surface area contributed by atoms with E-state index in [1.807, 2.05) is 52.0 Å². The lowest BCUT2D eigenvalue weighted by molar-refractivity contribution is 0.600. The second kappa shape index (κ2) is 12.9. The van der Waals surface area contributed by atoms with Gasteiger partial charge in [-0.25, -0.2) is 9.78 Å². The van der Waals surface area contributed by atoms with Crippen LogP contribution in [0.2, 0.25) is 0 Å². The molecule has 0 spiro atoms. The molecule has 1 aromatic heterocycles. The van der Waals surface area contributed by atoms with E-state index in [1.165, 1.54) is 11.6 Å². The summed E-state index contributed by atoms with van der Waals surface area (Å²) in [5.74, 6) is 0. The van der Waals surface area contributed by atoms with Crippen LogP contribution in [0.15, 0.2) is 59.5 Å². The van der Waals surface area contributed by atoms with E-state index in [2.05, 4.69) is 61.9 Å². The topological polar surface area (TPSA) is 62.8 Å². The highest BCUT2D eigenvalue weighted by Crippen LogP contribution is 2.61. The predicted octanol–water partition coefficient (Wildman–Crippen LogP) is 7.45. The first-order valence-electron chi connectivity index (χ1n) is 8.06. The van der Waals surface area contributed by atoms with Crippen LogP contribution in [0.1, 0.15) is 27.7 Å². The van der Waals surface area contributed by atoms with Gasteiger partial charge in [0.25, 0.3) is 0 Å². The van der Waals surface area contributed by atoms with Crippen LogP contribution in [0.25, 0.3) is 22.0 Å². The van der Waals surface area contributed by atoms with E-state index in [0.29, 0.717) is 0 Å². The number of aromatic nitrogens is 2. The highest BCUT2D eigenvalue weighted by Gasteiger charge is 2.03. The van der Waals surface area contributed by atoms with Crippen molar-refractivity contribution in [3.05, 3.63) is 65.2 Å². The molecule has 1 heterocycles. The lowest BCUT2D eigenvalue weighted by Crippen LogP contribution is -2.09. The predicted molar refractivity (Wildman–Crippen MR) is 116 cm³/mol. The Balaban J connectivity index is 0.000000596. The fourth-order valence-electron chi connectivity index (χ4n) is 1.89. The van der Waals surface area contributed by atoms with E-state index in [0.717, 1.165) is 16.6 Å². The number of halogens is 3. The van der Waals surface area contributed by atoms with Crippen molar-refractivity contribution in [3.63, 3.8) is 0 Å². The van der Waals surface area contributed by atoms with Crippen molar-refractivity contribution >= 4 is 49.7 Å². The molecule has 0 aliphatic carbocycles. The molecular weight excluding hydrogens is 414 g/mol. The first-order chi connectivity index (χ1) is 12.3. The van der Waals surface area contributed by atoms with Gasteiger partial charge < -0.3 is 4.98 Å². The van der Waals surface area contributed by atoms with Crippen LogP contribution in [0.5, 0.6) is 0 Å². The minimum absolute atomic E-state index is 0.323. The quantitative estimate of drug-likeness (QED) is 0.404. The maximum Gasteiger partial charge on any atom is 0.345 e. The normalized spacial score (nSPS) is 9.65. The van der Waals surface area contributed by atoms with Gasteiger partial charge in [0.2, 0.25) is 0 Å². The van der Waals surface area contributed by atoms with Crippen LogP contribution in [0.4, 0.5) is 0 Å². The van der Waals surface area contributed by atoms with Crippen LogP contribution >= 0.6 is 38.9 Å². The second-order valence-corrected chi connectivity index (χ2v) is 10.9. The van der Waals surface area contributed by atoms with Gasteiger partial charge in [0.1, 0.15) is 0 Å². The van der Waals surface area contributed by atoms with Gasteiger partial charge in [0, 0.05) is 6.20 Å². The molecule has 0 amide bonds. The maximum atomic E-state index is 11.2. The highest BCUT2D eigenvalue weighted by atomic mass is 36.0. The molecule has 4 nitrogen and oxygen atoms in total. The number of aromatic amines is 1.